The van der Waals surface area contributed by atoms with Crippen molar-refractivity contribution >= 4 is 17.7 Å². The molecule has 1 unspecified atom stereocenters. The topological polar surface area (TPSA) is 72.5 Å². The molecule has 1 saturated heterocycles. The van der Waals surface area contributed by atoms with Crippen LogP contribution in [-0.2, 0) is 19.1 Å². The molecule has 0 aromatic rings. The molecule has 5 nitrogen and oxygen atoms in total. The van der Waals surface area contributed by atoms with Crippen LogP contribution < -0.4 is 5.32 Å². The van der Waals surface area contributed by atoms with E-state index < -0.39 is 29.1 Å². The predicted molar refractivity (Wildman–Crippen MR) is 42.7 cm³/mol. The number of hydrogen-bond donors (Lipinski definition) is 1. The first kappa shape index (κ1) is 9.70. The van der Waals surface area contributed by atoms with Gasteiger partial charge >= 0.3 is 5.97 Å². The molecule has 1 atom stereocenters. The molecular weight excluding hydrogens is 174 g/mol. The van der Waals surface area contributed by atoms with Gasteiger partial charge in [0.1, 0.15) is 0 Å². The first-order chi connectivity index (χ1) is 5.90. The summed E-state index contributed by atoms with van der Waals surface area (Å²) in [5.41, 5.74) is -0.962. The molecule has 1 rings (SSSR count). The normalized spacial score (nSPS) is 25.6. The van der Waals surface area contributed by atoms with Crippen LogP contribution in [0.4, 0.5) is 0 Å². The van der Waals surface area contributed by atoms with Crippen LogP contribution in [0.3, 0.4) is 0 Å². The van der Waals surface area contributed by atoms with Crippen LogP contribution in [0.2, 0.25) is 0 Å². The molecule has 72 valence electrons. The molecule has 0 aromatic carbocycles. The molecule has 0 saturated carbocycles. The maximum absolute atomic E-state index is 11.5. The van der Waals surface area contributed by atoms with Crippen molar-refractivity contribution in [1.82, 2.24) is 5.32 Å². The number of carbonyl (C=O) groups excluding carboxylic acids is 3. The molecule has 0 aromatic heterocycles. The minimum absolute atomic E-state index is 0.440. The lowest BCUT2D eigenvalue weighted by Gasteiger charge is -2.14. The van der Waals surface area contributed by atoms with Crippen LogP contribution in [-0.4, -0.2) is 30.3 Å². The van der Waals surface area contributed by atoms with Crippen LogP contribution in [0.15, 0.2) is 0 Å². The van der Waals surface area contributed by atoms with Crippen molar-refractivity contribution in [2.75, 3.05) is 7.11 Å². The highest BCUT2D eigenvalue weighted by atomic mass is 16.5. The minimum atomic E-state index is -1.29. The van der Waals surface area contributed by atoms with Gasteiger partial charge < -0.3 is 10.1 Å². The second-order valence-electron chi connectivity index (χ2n) is 3.43. The Hall–Kier alpha value is -1.39. The molecule has 1 aliphatic heterocycles. The van der Waals surface area contributed by atoms with Gasteiger partial charge in [0.15, 0.2) is 11.7 Å². The molecule has 5 heteroatoms. The second-order valence-corrected chi connectivity index (χ2v) is 3.43. The third-order valence-electron chi connectivity index (χ3n) is 2.01. The fourth-order valence-corrected chi connectivity index (χ4v) is 1.25. The van der Waals surface area contributed by atoms with Gasteiger partial charge in [0.25, 0.3) is 0 Å². The highest BCUT2D eigenvalue weighted by Gasteiger charge is 2.50. The van der Waals surface area contributed by atoms with Crippen molar-refractivity contribution in [3.05, 3.63) is 0 Å². The number of methoxy groups -OCH3 is 1. The average Bonchev–Trinajstić information content (AvgIpc) is 2.21. The number of rotatable bonds is 1. The fraction of sp³-hybridized carbons (Fsp3) is 0.625. The molecule has 1 fully saturated rings. The summed E-state index contributed by atoms with van der Waals surface area (Å²) in [6.07, 6.45) is 0. The number of nitrogens with one attached hydrogen (secondary N) is 1. The molecular formula is C8H11NO4. The number of Topliss-reactive ketones (excluding diaryl/α,β-unsaturated/α-hetero) is 1. The predicted octanol–water partition coefficient (Wildman–Crippen LogP) is -0.747. The summed E-state index contributed by atoms with van der Waals surface area (Å²) in [4.78, 5) is 33.6. The van der Waals surface area contributed by atoms with Gasteiger partial charge in [-0.25, -0.2) is 0 Å². The molecule has 0 bridgehead atoms. The zero-order valence-corrected chi connectivity index (χ0v) is 7.71. The van der Waals surface area contributed by atoms with Crippen LogP contribution in [0.25, 0.3) is 0 Å². The van der Waals surface area contributed by atoms with Crippen molar-refractivity contribution in [2.24, 2.45) is 5.92 Å². The Morgan fingerprint density at radius 3 is 2.31 bits per heavy atom. The van der Waals surface area contributed by atoms with E-state index in [0.717, 1.165) is 7.11 Å². The fourth-order valence-electron chi connectivity index (χ4n) is 1.25. The second kappa shape index (κ2) is 2.83. The first-order valence-corrected chi connectivity index (χ1v) is 3.84. The van der Waals surface area contributed by atoms with Crippen molar-refractivity contribution < 1.29 is 19.1 Å². The highest BCUT2D eigenvalue weighted by Crippen LogP contribution is 2.21. The maximum atomic E-state index is 11.5. The molecule has 0 aliphatic carbocycles. The summed E-state index contributed by atoms with van der Waals surface area (Å²) in [7, 11) is 1.15. The average molecular weight is 185 g/mol. The molecule has 0 spiro atoms. The van der Waals surface area contributed by atoms with Crippen LogP contribution in [0, 0.1) is 5.92 Å². The molecule has 13 heavy (non-hydrogen) atoms. The van der Waals surface area contributed by atoms with Crippen molar-refractivity contribution in [3.63, 3.8) is 0 Å². The van der Waals surface area contributed by atoms with E-state index in [9.17, 15) is 14.4 Å². The number of esters is 1. The van der Waals surface area contributed by atoms with E-state index in [1.54, 1.807) is 13.8 Å². The Kier molecular flexibility index (Phi) is 2.11. The Balaban J connectivity index is 2.95. The zero-order valence-electron chi connectivity index (χ0n) is 7.71. The van der Waals surface area contributed by atoms with Gasteiger partial charge in [0.05, 0.1) is 12.6 Å². The van der Waals surface area contributed by atoms with Crippen LogP contribution >= 0.6 is 0 Å². The Morgan fingerprint density at radius 2 is 2.00 bits per heavy atom. The number of ether oxygens (including phenoxy) is 1. The van der Waals surface area contributed by atoms with E-state index in [1.807, 2.05) is 0 Å². The summed E-state index contributed by atoms with van der Waals surface area (Å²) in [6.45, 7) is 3.10. The van der Waals surface area contributed by atoms with E-state index >= 15 is 0 Å². The molecule has 1 heterocycles. The zero-order chi connectivity index (χ0) is 10.2. The molecule has 1 N–H and O–H groups in total. The van der Waals surface area contributed by atoms with E-state index in [0.29, 0.717) is 0 Å². The van der Waals surface area contributed by atoms with E-state index in [-0.39, 0.29) is 0 Å². The minimum Gasteiger partial charge on any atom is -0.468 e. The first-order valence-electron chi connectivity index (χ1n) is 3.84. The number of amides is 1. The smallest absolute Gasteiger partial charge is 0.326 e. The number of ketones is 1. The van der Waals surface area contributed by atoms with Crippen LogP contribution in [0.1, 0.15) is 13.8 Å². The van der Waals surface area contributed by atoms with E-state index in [2.05, 4.69) is 10.1 Å². The third kappa shape index (κ3) is 1.41. The Morgan fingerprint density at radius 1 is 1.46 bits per heavy atom. The van der Waals surface area contributed by atoms with E-state index in [1.165, 1.54) is 0 Å². The SMILES string of the molecule is COC(=O)C1C(=O)NC(C)(C)C1=O. The van der Waals surface area contributed by atoms with Gasteiger partial charge in [-0.2, -0.15) is 0 Å². The van der Waals surface area contributed by atoms with Crippen molar-refractivity contribution in [1.29, 1.82) is 0 Å². The summed E-state index contributed by atoms with van der Waals surface area (Å²) in [5.74, 6) is -3.11. The monoisotopic (exact) mass is 185 g/mol. The maximum Gasteiger partial charge on any atom is 0.326 e. The van der Waals surface area contributed by atoms with Gasteiger partial charge in [-0.3, -0.25) is 14.4 Å². The lowest BCUT2D eigenvalue weighted by Crippen LogP contribution is -2.40. The van der Waals surface area contributed by atoms with Crippen molar-refractivity contribution in [2.45, 2.75) is 19.4 Å². The summed E-state index contributed by atoms with van der Waals surface area (Å²) >= 11 is 0. The summed E-state index contributed by atoms with van der Waals surface area (Å²) in [6, 6.07) is 0. The Labute approximate surface area is 75.4 Å². The highest BCUT2D eigenvalue weighted by molar-refractivity contribution is 6.24. The number of carbonyl (C=O) groups is 3. The quantitative estimate of drug-likeness (QED) is 0.431. The molecule has 0 radical (unpaired) electrons. The van der Waals surface area contributed by atoms with Gasteiger partial charge in [-0.05, 0) is 13.8 Å². The van der Waals surface area contributed by atoms with E-state index in [4.69, 9.17) is 0 Å². The molecule has 1 amide bonds. The van der Waals surface area contributed by atoms with Gasteiger partial charge in [0, 0.05) is 0 Å². The van der Waals surface area contributed by atoms with Crippen LogP contribution in [0.5, 0.6) is 0 Å². The summed E-state index contributed by atoms with van der Waals surface area (Å²) in [5, 5.41) is 2.42. The lowest BCUT2D eigenvalue weighted by molar-refractivity contribution is -0.151. The third-order valence-corrected chi connectivity index (χ3v) is 2.01. The molecule has 1 aliphatic rings. The largest absolute Gasteiger partial charge is 0.468 e. The lowest BCUT2D eigenvalue weighted by atomic mass is 9.95. The summed E-state index contributed by atoms with van der Waals surface area (Å²) < 4.78 is 4.35. The Bertz CT molecular complexity index is 282. The van der Waals surface area contributed by atoms with Gasteiger partial charge in [-0.1, -0.05) is 0 Å². The van der Waals surface area contributed by atoms with Crippen molar-refractivity contribution in [3.8, 4) is 0 Å². The number of hydrogen-bond acceptors (Lipinski definition) is 4. The standard InChI is InChI=1S/C8H11NO4/c1-8(2)5(10)4(6(11)9-8)7(12)13-3/h4H,1-3H3,(H,9,11). The van der Waals surface area contributed by atoms with Gasteiger partial charge in [0.2, 0.25) is 5.91 Å². The van der Waals surface area contributed by atoms with Gasteiger partial charge in [-0.15, -0.1) is 0 Å².